The Balaban J connectivity index is 1.34. The van der Waals surface area contributed by atoms with Crippen molar-refractivity contribution in [3.8, 4) is 0 Å². The van der Waals surface area contributed by atoms with Crippen molar-refractivity contribution in [3.63, 3.8) is 0 Å². The molecule has 0 saturated carbocycles. The third-order valence-electron chi connectivity index (χ3n) is 5.20. The van der Waals surface area contributed by atoms with Crippen molar-refractivity contribution in [2.24, 2.45) is 5.92 Å². The molecule has 0 aliphatic carbocycles. The Morgan fingerprint density at radius 1 is 1.10 bits per heavy atom. The molecule has 3 aliphatic rings. The molecular weight excluding hydrogens is 284 g/mol. The van der Waals surface area contributed by atoms with Crippen LogP contribution in [0.5, 0.6) is 0 Å². The highest BCUT2D eigenvalue weighted by Crippen LogP contribution is 2.28. The minimum absolute atomic E-state index is 0.341. The van der Waals surface area contributed by atoms with Crippen molar-refractivity contribution >= 4 is 17.7 Å². The summed E-state index contributed by atoms with van der Waals surface area (Å²) in [6, 6.07) is 0.839. The molecule has 0 bridgehead atoms. The number of thioether (sulfide) groups is 1. The van der Waals surface area contributed by atoms with Crippen LogP contribution in [0.1, 0.15) is 32.1 Å². The van der Waals surface area contributed by atoms with E-state index in [2.05, 4.69) is 16.7 Å². The van der Waals surface area contributed by atoms with Gasteiger partial charge in [0.15, 0.2) is 0 Å². The summed E-state index contributed by atoms with van der Waals surface area (Å²) in [6.07, 6.45) is 5.79. The summed E-state index contributed by atoms with van der Waals surface area (Å²) < 4.78 is 5.30. The molecule has 1 amide bonds. The zero-order valence-electron chi connectivity index (χ0n) is 13.0. The fourth-order valence-corrected chi connectivity index (χ4v) is 4.97. The van der Waals surface area contributed by atoms with Crippen molar-refractivity contribution in [1.82, 2.24) is 9.80 Å². The molecule has 21 heavy (non-hydrogen) atoms. The van der Waals surface area contributed by atoms with E-state index < -0.39 is 0 Å². The van der Waals surface area contributed by atoms with E-state index in [-0.39, 0.29) is 0 Å². The first-order valence-corrected chi connectivity index (χ1v) is 9.66. The molecular formula is C16H28N2O2S. The van der Waals surface area contributed by atoms with E-state index >= 15 is 0 Å². The molecule has 1 atom stereocenters. The summed E-state index contributed by atoms with van der Waals surface area (Å²) in [7, 11) is 0. The Hall–Kier alpha value is -0.260. The lowest BCUT2D eigenvalue weighted by atomic mass is 9.91. The van der Waals surface area contributed by atoms with E-state index in [0.717, 1.165) is 37.9 Å². The van der Waals surface area contributed by atoms with Crippen LogP contribution in [0.2, 0.25) is 0 Å². The molecule has 0 aromatic carbocycles. The predicted molar refractivity (Wildman–Crippen MR) is 86.7 cm³/mol. The van der Waals surface area contributed by atoms with Crippen LogP contribution in [0.3, 0.4) is 0 Å². The Labute approximate surface area is 132 Å². The average Bonchev–Trinajstić information content (AvgIpc) is 3.08. The molecule has 5 heteroatoms. The maximum Gasteiger partial charge on any atom is 0.222 e. The number of morpholine rings is 1. The quantitative estimate of drug-likeness (QED) is 0.793. The highest BCUT2D eigenvalue weighted by molar-refractivity contribution is 7.99. The molecule has 0 unspecified atom stereocenters. The molecule has 0 radical (unpaired) electrons. The molecule has 3 fully saturated rings. The van der Waals surface area contributed by atoms with Gasteiger partial charge in [-0.15, -0.1) is 0 Å². The Morgan fingerprint density at radius 3 is 2.52 bits per heavy atom. The number of hydrogen-bond acceptors (Lipinski definition) is 4. The molecule has 0 aromatic heterocycles. The third-order valence-corrected chi connectivity index (χ3v) is 6.35. The Morgan fingerprint density at radius 2 is 1.86 bits per heavy atom. The van der Waals surface area contributed by atoms with Gasteiger partial charge in [0.2, 0.25) is 5.91 Å². The van der Waals surface area contributed by atoms with Crippen LogP contribution in [0, 0.1) is 5.92 Å². The number of amides is 1. The van der Waals surface area contributed by atoms with Crippen LogP contribution in [0.25, 0.3) is 0 Å². The monoisotopic (exact) mass is 312 g/mol. The van der Waals surface area contributed by atoms with Crippen molar-refractivity contribution in [1.29, 1.82) is 0 Å². The van der Waals surface area contributed by atoms with Crippen LogP contribution >= 0.6 is 11.8 Å². The second-order valence-corrected chi connectivity index (χ2v) is 7.68. The summed E-state index contributed by atoms with van der Waals surface area (Å²) in [4.78, 5) is 16.8. The lowest BCUT2D eigenvalue weighted by molar-refractivity contribution is -0.135. The Kier molecular flexibility index (Phi) is 5.83. The topological polar surface area (TPSA) is 32.8 Å². The van der Waals surface area contributed by atoms with Crippen LogP contribution in [0.15, 0.2) is 0 Å². The van der Waals surface area contributed by atoms with Gasteiger partial charge in [-0.3, -0.25) is 9.69 Å². The van der Waals surface area contributed by atoms with E-state index in [1.165, 1.54) is 43.9 Å². The highest BCUT2D eigenvalue weighted by Gasteiger charge is 2.28. The number of ether oxygens (including phenoxy) is 1. The van der Waals surface area contributed by atoms with Gasteiger partial charge in [-0.1, -0.05) is 0 Å². The van der Waals surface area contributed by atoms with Crippen molar-refractivity contribution < 1.29 is 9.53 Å². The highest BCUT2D eigenvalue weighted by atomic mass is 32.2. The van der Waals surface area contributed by atoms with Crippen molar-refractivity contribution in [3.05, 3.63) is 0 Å². The number of nitrogens with zero attached hydrogens (tertiary/aromatic N) is 2. The molecule has 3 rings (SSSR count). The van der Waals surface area contributed by atoms with Gasteiger partial charge >= 0.3 is 0 Å². The summed E-state index contributed by atoms with van der Waals surface area (Å²) in [5.41, 5.74) is 0. The van der Waals surface area contributed by atoms with Gasteiger partial charge in [0.05, 0.1) is 13.2 Å². The first kappa shape index (κ1) is 15.6. The van der Waals surface area contributed by atoms with Gasteiger partial charge in [-0.25, -0.2) is 0 Å². The van der Waals surface area contributed by atoms with Crippen molar-refractivity contribution in [2.75, 3.05) is 50.9 Å². The fraction of sp³-hybridized carbons (Fsp3) is 0.938. The van der Waals surface area contributed by atoms with Crippen molar-refractivity contribution in [2.45, 2.75) is 38.1 Å². The van der Waals surface area contributed by atoms with Crippen LogP contribution in [-0.4, -0.2) is 72.6 Å². The number of rotatable bonds is 4. The standard InChI is InChI=1S/C16H28N2O2S/c19-16(18-8-10-20-11-9-18)2-1-14-3-6-17(7-4-14)15-5-12-21-13-15/h14-15H,1-13H2/t15-/m1/s1. The summed E-state index contributed by atoms with van der Waals surface area (Å²) in [5.74, 6) is 3.78. The zero-order valence-corrected chi connectivity index (χ0v) is 13.8. The van der Waals surface area contributed by atoms with E-state index in [0.29, 0.717) is 19.1 Å². The van der Waals surface area contributed by atoms with E-state index in [4.69, 9.17) is 4.74 Å². The largest absolute Gasteiger partial charge is 0.378 e. The van der Waals surface area contributed by atoms with Gasteiger partial charge in [0.1, 0.15) is 0 Å². The minimum atomic E-state index is 0.341. The van der Waals surface area contributed by atoms with Gasteiger partial charge in [-0.2, -0.15) is 11.8 Å². The molecule has 120 valence electrons. The predicted octanol–water partition coefficient (Wildman–Crippen LogP) is 1.84. The van der Waals surface area contributed by atoms with E-state index in [1.807, 2.05) is 4.90 Å². The summed E-state index contributed by atoms with van der Waals surface area (Å²) in [5, 5.41) is 0. The van der Waals surface area contributed by atoms with Gasteiger partial charge in [0, 0.05) is 31.3 Å². The van der Waals surface area contributed by atoms with Crippen LogP contribution < -0.4 is 0 Å². The molecule has 0 spiro atoms. The fourth-order valence-electron chi connectivity index (χ4n) is 3.72. The third kappa shape index (κ3) is 4.36. The van der Waals surface area contributed by atoms with Crippen LogP contribution in [-0.2, 0) is 9.53 Å². The smallest absolute Gasteiger partial charge is 0.222 e. The van der Waals surface area contributed by atoms with E-state index in [1.54, 1.807) is 0 Å². The first-order chi connectivity index (χ1) is 10.3. The average molecular weight is 312 g/mol. The number of piperidine rings is 1. The van der Waals surface area contributed by atoms with Gasteiger partial charge in [0.25, 0.3) is 0 Å². The number of carbonyl (C=O) groups is 1. The molecule has 3 heterocycles. The molecule has 0 N–H and O–H groups in total. The molecule has 0 aromatic rings. The number of carbonyl (C=O) groups excluding carboxylic acids is 1. The minimum Gasteiger partial charge on any atom is -0.378 e. The number of likely N-dealkylation sites (tertiary alicyclic amines) is 1. The van der Waals surface area contributed by atoms with Gasteiger partial charge in [-0.05, 0) is 50.4 Å². The second kappa shape index (κ2) is 7.84. The summed E-state index contributed by atoms with van der Waals surface area (Å²) >= 11 is 2.10. The first-order valence-electron chi connectivity index (χ1n) is 8.50. The SMILES string of the molecule is O=C(CCC1CCN([C@@H]2CCSC2)CC1)N1CCOCC1. The van der Waals surface area contributed by atoms with E-state index in [9.17, 15) is 4.79 Å². The maximum absolute atomic E-state index is 12.2. The molecule has 4 nitrogen and oxygen atoms in total. The van der Waals surface area contributed by atoms with Crippen LogP contribution in [0.4, 0.5) is 0 Å². The Bertz CT molecular complexity index is 333. The second-order valence-electron chi connectivity index (χ2n) is 6.53. The summed E-state index contributed by atoms with van der Waals surface area (Å²) in [6.45, 7) is 5.50. The number of hydrogen-bond donors (Lipinski definition) is 0. The lowest BCUT2D eigenvalue weighted by Crippen LogP contribution is -2.42. The molecule has 3 aliphatic heterocycles. The maximum atomic E-state index is 12.2. The van der Waals surface area contributed by atoms with Gasteiger partial charge < -0.3 is 9.64 Å². The normalized spacial score (nSPS) is 29.0. The lowest BCUT2D eigenvalue weighted by Gasteiger charge is -2.36. The molecule has 3 saturated heterocycles. The zero-order chi connectivity index (χ0) is 14.5.